The molecule has 4 rings (SSSR count). The molecule has 0 bridgehead atoms. The van der Waals surface area contributed by atoms with E-state index in [9.17, 15) is 9.59 Å². The van der Waals surface area contributed by atoms with Gasteiger partial charge in [-0.25, -0.2) is 4.79 Å². The van der Waals surface area contributed by atoms with E-state index < -0.39 is 0 Å². The molecule has 1 aliphatic heterocycles. The van der Waals surface area contributed by atoms with E-state index in [0.717, 1.165) is 22.2 Å². The number of benzene rings is 1. The zero-order chi connectivity index (χ0) is 18.3. The van der Waals surface area contributed by atoms with Crippen molar-refractivity contribution in [2.75, 3.05) is 13.7 Å². The van der Waals surface area contributed by atoms with Gasteiger partial charge in [0.1, 0.15) is 5.69 Å². The van der Waals surface area contributed by atoms with Crippen LogP contribution in [0.1, 0.15) is 32.1 Å². The molecule has 0 atom stereocenters. The van der Waals surface area contributed by atoms with Gasteiger partial charge in [0.2, 0.25) is 0 Å². The molecular formula is C19H16ClN3O3. The minimum absolute atomic E-state index is 0.156. The average molecular weight is 370 g/mol. The number of aromatic nitrogens is 2. The maximum atomic E-state index is 12.8. The van der Waals surface area contributed by atoms with Gasteiger partial charge in [-0.2, -0.15) is 0 Å². The molecule has 0 aliphatic carbocycles. The van der Waals surface area contributed by atoms with E-state index in [4.69, 9.17) is 16.3 Å². The molecule has 0 unspecified atom stereocenters. The Balaban J connectivity index is 1.69. The molecule has 1 aromatic carbocycles. The molecule has 1 amide bonds. The van der Waals surface area contributed by atoms with Crippen LogP contribution in [-0.4, -0.2) is 40.4 Å². The minimum atomic E-state index is -0.381. The molecule has 132 valence electrons. The highest BCUT2D eigenvalue weighted by Crippen LogP contribution is 2.29. The summed E-state index contributed by atoms with van der Waals surface area (Å²) in [5.41, 5.74) is 3.87. The third kappa shape index (κ3) is 2.82. The Hall–Kier alpha value is -2.86. The average Bonchev–Trinajstić information content (AvgIpc) is 3.03. The molecule has 1 N–H and O–H groups in total. The lowest BCUT2D eigenvalue weighted by Crippen LogP contribution is -2.36. The van der Waals surface area contributed by atoms with E-state index >= 15 is 0 Å². The second-order valence-electron chi connectivity index (χ2n) is 6.17. The lowest BCUT2D eigenvalue weighted by atomic mass is 10.0. The molecule has 0 spiro atoms. The number of ether oxygens (including phenoxy) is 1. The Morgan fingerprint density at radius 1 is 1.27 bits per heavy atom. The fourth-order valence-corrected chi connectivity index (χ4v) is 3.48. The normalized spacial score (nSPS) is 13.5. The summed E-state index contributed by atoms with van der Waals surface area (Å²) in [5, 5.41) is 1.41. The number of hydrogen-bond acceptors (Lipinski definition) is 4. The predicted molar refractivity (Wildman–Crippen MR) is 97.3 cm³/mol. The predicted octanol–water partition coefficient (Wildman–Crippen LogP) is 3.20. The monoisotopic (exact) mass is 369 g/mol. The summed E-state index contributed by atoms with van der Waals surface area (Å²) >= 11 is 5.97. The minimum Gasteiger partial charge on any atom is -0.465 e. The number of carbonyl (C=O) groups is 2. The van der Waals surface area contributed by atoms with Crippen LogP contribution in [-0.2, 0) is 17.7 Å². The molecule has 6 nitrogen and oxygen atoms in total. The van der Waals surface area contributed by atoms with Crippen LogP contribution in [0.5, 0.6) is 0 Å². The van der Waals surface area contributed by atoms with Gasteiger partial charge in [0.25, 0.3) is 5.91 Å². The summed E-state index contributed by atoms with van der Waals surface area (Å²) in [6.07, 6.45) is 2.24. The molecule has 0 saturated carbocycles. The number of aromatic amines is 1. The quantitative estimate of drug-likeness (QED) is 0.704. The van der Waals surface area contributed by atoms with E-state index in [1.807, 2.05) is 12.1 Å². The molecule has 3 heterocycles. The van der Waals surface area contributed by atoms with Gasteiger partial charge in [-0.1, -0.05) is 11.6 Å². The highest BCUT2D eigenvalue weighted by Gasteiger charge is 2.26. The highest BCUT2D eigenvalue weighted by atomic mass is 35.5. The Labute approximate surface area is 154 Å². The summed E-state index contributed by atoms with van der Waals surface area (Å²) in [6.45, 7) is 1.05. The van der Waals surface area contributed by atoms with E-state index in [1.165, 1.54) is 13.3 Å². The van der Waals surface area contributed by atoms with Crippen LogP contribution in [0.25, 0.3) is 10.9 Å². The van der Waals surface area contributed by atoms with Gasteiger partial charge in [-0.05, 0) is 30.3 Å². The third-order valence-corrected chi connectivity index (χ3v) is 4.86. The van der Waals surface area contributed by atoms with Gasteiger partial charge >= 0.3 is 5.97 Å². The number of hydrogen-bond donors (Lipinski definition) is 1. The first-order valence-electron chi connectivity index (χ1n) is 8.19. The van der Waals surface area contributed by atoms with Crippen LogP contribution in [0, 0.1) is 0 Å². The summed E-state index contributed by atoms with van der Waals surface area (Å²) in [4.78, 5) is 33.8. The van der Waals surface area contributed by atoms with Crippen molar-refractivity contribution in [2.45, 2.75) is 13.0 Å². The van der Waals surface area contributed by atoms with Crippen molar-refractivity contribution in [1.29, 1.82) is 0 Å². The molecule has 7 heteroatoms. The Morgan fingerprint density at radius 2 is 2.12 bits per heavy atom. The van der Waals surface area contributed by atoms with Gasteiger partial charge in [0, 0.05) is 52.9 Å². The van der Waals surface area contributed by atoms with Crippen molar-refractivity contribution >= 4 is 34.4 Å². The van der Waals surface area contributed by atoms with Crippen LogP contribution in [0.15, 0.2) is 36.5 Å². The number of fused-ring (bicyclic) bond motifs is 3. The number of methoxy groups -OCH3 is 1. The topological polar surface area (TPSA) is 75.3 Å². The van der Waals surface area contributed by atoms with Gasteiger partial charge in [0.15, 0.2) is 0 Å². The Bertz CT molecular complexity index is 1030. The number of H-pyrrole nitrogens is 1. The summed E-state index contributed by atoms with van der Waals surface area (Å²) in [5.74, 6) is -0.537. The second-order valence-corrected chi connectivity index (χ2v) is 6.61. The second kappa shape index (κ2) is 6.46. The number of carbonyl (C=O) groups excluding carboxylic acids is 2. The molecule has 0 radical (unpaired) electrons. The van der Waals surface area contributed by atoms with Gasteiger partial charge in [-0.3, -0.25) is 9.78 Å². The van der Waals surface area contributed by atoms with Gasteiger partial charge in [0.05, 0.1) is 12.7 Å². The molecule has 3 aromatic rings. The van der Waals surface area contributed by atoms with Crippen LogP contribution in [0.2, 0.25) is 5.02 Å². The van der Waals surface area contributed by atoms with Gasteiger partial charge in [-0.15, -0.1) is 0 Å². The molecule has 1 aliphatic rings. The van der Waals surface area contributed by atoms with E-state index in [2.05, 4.69) is 9.97 Å². The van der Waals surface area contributed by atoms with E-state index in [0.29, 0.717) is 35.8 Å². The fourth-order valence-electron chi connectivity index (χ4n) is 3.32. The molecular weight excluding hydrogens is 354 g/mol. The van der Waals surface area contributed by atoms with Crippen molar-refractivity contribution in [3.8, 4) is 0 Å². The first kappa shape index (κ1) is 16.6. The SMILES string of the molecule is COC(=O)c1ccc2[nH]c3c(c2c1)CN(C(=O)c1cc(Cl)ccn1)CC3. The van der Waals surface area contributed by atoms with Crippen molar-refractivity contribution in [2.24, 2.45) is 0 Å². The lowest BCUT2D eigenvalue weighted by molar-refractivity contribution is 0.0600. The third-order valence-electron chi connectivity index (χ3n) is 4.62. The zero-order valence-electron chi connectivity index (χ0n) is 14.1. The number of nitrogens with one attached hydrogen (secondary N) is 1. The van der Waals surface area contributed by atoms with Crippen molar-refractivity contribution in [1.82, 2.24) is 14.9 Å². The largest absolute Gasteiger partial charge is 0.465 e. The number of pyridine rings is 1. The molecule has 0 fully saturated rings. The first-order valence-corrected chi connectivity index (χ1v) is 8.57. The van der Waals surface area contributed by atoms with Gasteiger partial charge < -0.3 is 14.6 Å². The molecule has 2 aromatic heterocycles. The number of amides is 1. The maximum absolute atomic E-state index is 12.8. The standard InChI is InChI=1S/C19H16ClN3O3/c1-26-19(25)11-2-3-15-13(8-11)14-10-23(7-5-16(14)22-15)18(24)17-9-12(20)4-6-21-17/h2-4,6,8-9,22H,5,7,10H2,1H3. The van der Waals surface area contributed by atoms with Crippen LogP contribution in [0.3, 0.4) is 0 Å². The highest BCUT2D eigenvalue weighted by molar-refractivity contribution is 6.30. The van der Waals surface area contributed by atoms with E-state index in [1.54, 1.807) is 23.1 Å². The number of rotatable bonds is 2. The Kier molecular flexibility index (Phi) is 4.12. The summed E-state index contributed by atoms with van der Waals surface area (Å²) in [6, 6.07) is 8.62. The van der Waals surface area contributed by atoms with E-state index in [-0.39, 0.29) is 11.9 Å². The van der Waals surface area contributed by atoms with Crippen molar-refractivity contribution < 1.29 is 14.3 Å². The van der Waals surface area contributed by atoms with Crippen LogP contribution < -0.4 is 0 Å². The van der Waals surface area contributed by atoms with Crippen molar-refractivity contribution in [3.05, 3.63) is 64.1 Å². The lowest BCUT2D eigenvalue weighted by Gasteiger charge is -2.27. The summed E-state index contributed by atoms with van der Waals surface area (Å²) in [7, 11) is 1.36. The smallest absolute Gasteiger partial charge is 0.337 e. The Morgan fingerprint density at radius 3 is 2.88 bits per heavy atom. The van der Waals surface area contributed by atoms with Crippen molar-refractivity contribution in [3.63, 3.8) is 0 Å². The van der Waals surface area contributed by atoms with Crippen LogP contribution >= 0.6 is 11.6 Å². The number of nitrogens with zero attached hydrogens (tertiary/aromatic N) is 2. The first-order chi connectivity index (χ1) is 12.6. The maximum Gasteiger partial charge on any atom is 0.337 e. The zero-order valence-corrected chi connectivity index (χ0v) is 14.8. The number of halogens is 1. The van der Waals surface area contributed by atoms with Crippen LogP contribution in [0.4, 0.5) is 0 Å². The fraction of sp³-hybridized carbons (Fsp3) is 0.211. The number of esters is 1. The molecule has 26 heavy (non-hydrogen) atoms. The molecule has 0 saturated heterocycles. The summed E-state index contributed by atoms with van der Waals surface area (Å²) < 4.78 is 4.80.